The number of ether oxygens (including phenoxy) is 1. The molecule has 0 amide bonds. The summed E-state index contributed by atoms with van der Waals surface area (Å²) in [5, 5.41) is 0. The smallest absolute Gasteiger partial charge is 0.272 e. The molecule has 1 aromatic rings. The van der Waals surface area contributed by atoms with Crippen LogP contribution < -0.4 is 4.74 Å². The van der Waals surface area contributed by atoms with Crippen molar-refractivity contribution in [1.82, 2.24) is 0 Å². The molecule has 0 aliphatic carbocycles. The third-order valence-corrected chi connectivity index (χ3v) is 1.96. The lowest BCUT2D eigenvalue weighted by Gasteiger charge is -2.07. The van der Waals surface area contributed by atoms with Gasteiger partial charge in [-0.15, -0.1) is 0 Å². The van der Waals surface area contributed by atoms with Gasteiger partial charge >= 0.3 is 0 Å². The average molecular weight is 265 g/mol. The number of halogens is 3. The Bertz CT molecular complexity index is 329. The molecule has 0 aliphatic rings. The molecule has 0 unspecified atom stereocenters. The Kier molecular flexibility index (Phi) is 4.00. The van der Waals surface area contributed by atoms with Gasteiger partial charge in [-0.3, -0.25) is 4.79 Å². The zero-order chi connectivity index (χ0) is 10.6. The van der Waals surface area contributed by atoms with Gasteiger partial charge < -0.3 is 4.74 Å². The molecule has 0 bridgehead atoms. The maximum absolute atomic E-state index is 11.8. The molecule has 1 aromatic carbocycles. The summed E-state index contributed by atoms with van der Waals surface area (Å²) in [6.07, 6.45) is -1.98. The van der Waals surface area contributed by atoms with Crippen LogP contribution in [0.2, 0.25) is 0 Å². The molecule has 0 aromatic heterocycles. The van der Waals surface area contributed by atoms with Crippen molar-refractivity contribution in [2.24, 2.45) is 0 Å². The summed E-state index contributed by atoms with van der Waals surface area (Å²) in [7, 11) is 0. The molecule has 0 aliphatic heterocycles. The third kappa shape index (κ3) is 3.06. The lowest BCUT2D eigenvalue weighted by atomic mass is 10.2. The minimum atomic E-state index is -2.54. The lowest BCUT2D eigenvalue weighted by molar-refractivity contribution is 0.0809. The molecule has 0 N–H and O–H groups in total. The van der Waals surface area contributed by atoms with Gasteiger partial charge in [0, 0.05) is 4.47 Å². The summed E-state index contributed by atoms with van der Waals surface area (Å²) in [4.78, 5) is 10.5. The van der Waals surface area contributed by atoms with E-state index in [9.17, 15) is 13.6 Å². The van der Waals surface area contributed by atoms with Crippen molar-refractivity contribution in [1.29, 1.82) is 0 Å². The second kappa shape index (κ2) is 5.05. The molecule has 14 heavy (non-hydrogen) atoms. The van der Waals surface area contributed by atoms with E-state index in [0.29, 0.717) is 10.8 Å². The highest BCUT2D eigenvalue weighted by molar-refractivity contribution is 9.10. The summed E-state index contributed by atoms with van der Waals surface area (Å²) in [6.45, 7) is -0.706. The monoisotopic (exact) mass is 264 g/mol. The molecule has 0 spiro atoms. The van der Waals surface area contributed by atoms with E-state index in [0.717, 1.165) is 0 Å². The number of aldehydes is 1. The number of hydrogen-bond acceptors (Lipinski definition) is 2. The van der Waals surface area contributed by atoms with Crippen LogP contribution in [0.4, 0.5) is 8.78 Å². The summed E-state index contributed by atoms with van der Waals surface area (Å²) in [5.41, 5.74) is 0.250. The van der Waals surface area contributed by atoms with Gasteiger partial charge in [0.05, 0.1) is 5.56 Å². The topological polar surface area (TPSA) is 26.3 Å². The molecule has 5 heteroatoms. The number of hydrogen-bond donors (Lipinski definition) is 0. The van der Waals surface area contributed by atoms with Crippen molar-refractivity contribution in [2.45, 2.75) is 6.43 Å². The van der Waals surface area contributed by atoms with Crippen LogP contribution in [0.5, 0.6) is 5.75 Å². The van der Waals surface area contributed by atoms with E-state index in [1.54, 1.807) is 6.07 Å². The van der Waals surface area contributed by atoms with E-state index >= 15 is 0 Å². The van der Waals surface area contributed by atoms with Crippen molar-refractivity contribution < 1.29 is 18.3 Å². The molecule has 0 heterocycles. The predicted octanol–water partition coefficient (Wildman–Crippen LogP) is 2.91. The van der Waals surface area contributed by atoms with Crippen LogP contribution in [0.3, 0.4) is 0 Å². The van der Waals surface area contributed by atoms with Crippen LogP contribution in [-0.2, 0) is 0 Å². The zero-order valence-electron chi connectivity index (χ0n) is 7.04. The number of carbonyl (C=O) groups is 1. The fourth-order valence-electron chi connectivity index (χ4n) is 0.896. The van der Waals surface area contributed by atoms with Crippen LogP contribution >= 0.6 is 15.9 Å². The highest BCUT2D eigenvalue weighted by Crippen LogP contribution is 2.21. The predicted molar refractivity (Wildman–Crippen MR) is 51.0 cm³/mol. The Morgan fingerprint density at radius 2 is 2.21 bits per heavy atom. The van der Waals surface area contributed by atoms with Crippen molar-refractivity contribution in [3.05, 3.63) is 28.2 Å². The van der Waals surface area contributed by atoms with E-state index in [-0.39, 0.29) is 11.3 Å². The first kappa shape index (κ1) is 11.1. The van der Waals surface area contributed by atoms with Gasteiger partial charge in [0.15, 0.2) is 6.29 Å². The maximum Gasteiger partial charge on any atom is 0.272 e. The molecular weight excluding hydrogens is 258 g/mol. The molecule has 76 valence electrons. The van der Waals surface area contributed by atoms with E-state index in [4.69, 9.17) is 4.74 Å². The van der Waals surface area contributed by atoms with Gasteiger partial charge in [0.2, 0.25) is 0 Å². The Hall–Kier alpha value is -0.970. The number of benzene rings is 1. The van der Waals surface area contributed by atoms with Gasteiger partial charge in [-0.25, -0.2) is 8.78 Å². The lowest BCUT2D eigenvalue weighted by Crippen LogP contribution is -2.08. The van der Waals surface area contributed by atoms with E-state index in [2.05, 4.69) is 15.9 Å². The van der Waals surface area contributed by atoms with Gasteiger partial charge in [0.1, 0.15) is 12.4 Å². The van der Waals surface area contributed by atoms with Gasteiger partial charge in [-0.05, 0) is 18.2 Å². The average Bonchev–Trinajstić information content (AvgIpc) is 2.15. The first-order chi connectivity index (χ1) is 6.63. The number of rotatable bonds is 4. The molecule has 1 rings (SSSR count). The normalized spacial score (nSPS) is 10.3. The van der Waals surface area contributed by atoms with Crippen molar-refractivity contribution in [3.8, 4) is 5.75 Å². The molecule has 0 saturated heterocycles. The SMILES string of the molecule is O=Cc1cc(Br)ccc1OCC(F)F. The molecule has 0 radical (unpaired) electrons. The first-order valence-corrected chi connectivity index (χ1v) is 4.58. The number of carbonyl (C=O) groups excluding carboxylic acids is 1. The van der Waals surface area contributed by atoms with Crippen LogP contribution in [0.1, 0.15) is 10.4 Å². The maximum atomic E-state index is 11.8. The standard InChI is InChI=1S/C9H7BrF2O2/c10-7-1-2-8(6(3-7)4-13)14-5-9(11)12/h1-4,9H,5H2. The molecule has 0 atom stereocenters. The minimum absolute atomic E-state index is 0.170. The van der Waals surface area contributed by atoms with Crippen LogP contribution in [-0.4, -0.2) is 19.3 Å². The summed E-state index contributed by atoms with van der Waals surface area (Å²) in [6, 6.07) is 4.60. The van der Waals surface area contributed by atoms with Gasteiger partial charge in [-0.1, -0.05) is 15.9 Å². The Morgan fingerprint density at radius 1 is 1.50 bits per heavy atom. The highest BCUT2D eigenvalue weighted by Gasteiger charge is 2.07. The van der Waals surface area contributed by atoms with Crippen LogP contribution in [0, 0.1) is 0 Å². The van der Waals surface area contributed by atoms with Gasteiger partial charge in [0.25, 0.3) is 6.43 Å². The fraction of sp³-hybridized carbons (Fsp3) is 0.222. The quantitative estimate of drug-likeness (QED) is 0.782. The van der Waals surface area contributed by atoms with Crippen molar-refractivity contribution in [3.63, 3.8) is 0 Å². The summed E-state index contributed by atoms with van der Waals surface area (Å²) >= 11 is 3.15. The van der Waals surface area contributed by atoms with Crippen molar-refractivity contribution in [2.75, 3.05) is 6.61 Å². The Balaban J connectivity index is 2.80. The zero-order valence-corrected chi connectivity index (χ0v) is 8.63. The second-order valence-corrected chi connectivity index (χ2v) is 3.42. The molecular formula is C9H7BrF2O2. The summed E-state index contributed by atoms with van der Waals surface area (Å²) < 4.78 is 29.1. The van der Waals surface area contributed by atoms with E-state index in [1.165, 1.54) is 12.1 Å². The molecule has 0 saturated carbocycles. The van der Waals surface area contributed by atoms with E-state index < -0.39 is 13.0 Å². The van der Waals surface area contributed by atoms with Crippen molar-refractivity contribution >= 4 is 22.2 Å². The largest absolute Gasteiger partial charge is 0.487 e. The second-order valence-electron chi connectivity index (χ2n) is 2.50. The Morgan fingerprint density at radius 3 is 2.79 bits per heavy atom. The van der Waals surface area contributed by atoms with Crippen LogP contribution in [0.25, 0.3) is 0 Å². The highest BCUT2D eigenvalue weighted by atomic mass is 79.9. The molecule has 2 nitrogen and oxygen atoms in total. The summed E-state index contributed by atoms with van der Waals surface area (Å²) in [5.74, 6) is 0.170. The minimum Gasteiger partial charge on any atom is -0.487 e. The van der Waals surface area contributed by atoms with E-state index in [1.807, 2.05) is 0 Å². The Labute approximate surface area is 88.0 Å². The first-order valence-electron chi connectivity index (χ1n) is 3.79. The van der Waals surface area contributed by atoms with Crippen LogP contribution in [0.15, 0.2) is 22.7 Å². The fourth-order valence-corrected chi connectivity index (χ4v) is 1.27. The molecule has 0 fully saturated rings. The number of alkyl halides is 2. The van der Waals surface area contributed by atoms with Gasteiger partial charge in [-0.2, -0.15) is 0 Å². The third-order valence-electron chi connectivity index (χ3n) is 1.46.